The molecule has 2 amide bonds. The molecule has 0 radical (unpaired) electrons. The van der Waals surface area contributed by atoms with Crippen molar-refractivity contribution < 1.29 is 27.5 Å². The van der Waals surface area contributed by atoms with Gasteiger partial charge in [-0.05, 0) is 12.8 Å². The summed E-state index contributed by atoms with van der Waals surface area (Å²) in [5.41, 5.74) is -0.870. The molecular weight excluding hydrogens is 316 g/mol. The quantitative estimate of drug-likeness (QED) is 0.657. The summed E-state index contributed by atoms with van der Waals surface area (Å²) in [6, 6.07) is -0.531. The third-order valence-electron chi connectivity index (χ3n) is 4.09. The molecule has 0 aliphatic heterocycles. The van der Waals surface area contributed by atoms with Gasteiger partial charge in [-0.2, -0.15) is 0 Å². The van der Waals surface area contributed by atoms with Crippen molar-refractivity contribution in [1.82, 2.24) is 10.2 Å². The van der Waals surface area contributed by atoms with Gasteiger partial charge in [0, 0.05) is 31.1 Å². The number of hydrogen-bond acceptors (Lipinski definition) is 2. The number of aliphatic hydroxyl groups excluding tert-OH is 1. The number of aliphatic hydroxyl groups is 1. The zero-order chi connectivity index (χ0) is 17.1. The fourth-order valence-corrected chi connectivity index (χ4v) is 2.74. The summed E-state index contributed by atoms with van der Waals surface area (Å²) in [4.78, 5) is 13.2. The molecule has 0 aromatic heterocycles. The largest absolute Gasteiger partial charge is 0.393 e. The Morgan fingerprint density at radius 3 is 2.39 bits per heavy atom. The van der Waals surface area contributed by atoms with Crippen molar-refractivity contribution in [2.24, 2.45) is 5.92 Å². The molecule has 4 nitrogen and oxygen atoms in total. The molecule has 1 aliphatic carbocycles. The van der Waals surface area contributed by atoms with Crippen LogP contribution >= 0.6 is 0 Å². The first-order chi connectivity index (χ1) is 10.8. The second-order valence-corrected chi connectivity index (χ2v) is 5.74. The van der Waals surface area contributed by atoms with Gasteiger partial charge in [0.25, 0.3) is 0 Å². The van der Waals surface area contributed by atoms with Gasteiger partial charge in [-0.3, -0.25) is 0 Å². The zero-order valence-corrected chi connectivity index (χ0v) is 12.6. The molecule has 2 unspecified atom stereocenters. The van der Waals surface area contributed by atoms with Gasteiger partial charge in [0.05, 0.1) is 12.6 Å². The summed E-state index contributed by atoms with van der Waals surface area (Å²) in [6.07, 6.45) is 1.87. The SMILES string of the molecule is CN(CC1CCCC1O)C(=O)NCc1c(F)c(F)cc(F)c1F. The Morgan fingerprint density at radius 1 is 1.26 bits per heavy atom. The lowest BCUT2D eigenvalue weighted by atomic mass is 10.1. The number of amides is 2. The van der Waals surface area contributed by atoms with Crippen molar-refractivity contribution in [3.8, 4) is 0 Å². The van der Waals surface area contributed by atoms with Gasteiger partial charge in [-0.15, -0.1) is 0 Å². The van der Waals surface area contributed by atoms with Crippen LogP contribution in [0, 0.1) is 29.2 Å². The fraction of sp³-hybridized carbons (Fsp3) is 0.533. The number of carbonyl (C=O) groups excluding carboxylic acids is 1. The molecule has 1 fully saturated rings. The van der Waals surface area contributed by atoms with Crippen LogP contribution in [0.1, 0.15) is 24.8 Å². The molecule has 1 aliphatic rings. The molecule has 1 aromatic rings. The Hall–Kier alpha value is -1.83. The molecule has 8 heteroatoms. The molecule has 2 N–H and O–H groups in total. The summed E-state index contributed by atoms with van der Waals surface area (Å²) in [5, 5.41) is 11.9. The maximum Gasteiger partial charge on any atom is 0.317 e. The first-order valence-corrected chi connectivity index (χ1v) is 7.30. The van der Waals surface area contributed by atoms with Crippen LogP contribution in [0.3, 0.4) is 0 Å². The van der Waals surface area contributed by atoms with Crippen LogP contribution in [0.25, 0.3) is 0 Å². The Morgan fingerprint density at radius 2 is 1.87 bits per heavy atom. The number of carbonyl (C=O) groups is 1. The smallest absolute Gasteiger partial charge is 0.317 e. The third kappa shape index (κ3) is 3.93. The Labute approximate surface area is 131 Å². The normalized spacial score (nSPS) is 20.6. The first-order valence-electron chi connectivity index (χ1n) is 7.30. The lowest BCUT2D eigenvalue weighted by molar-refractivity contribution is 0.114. The van der Waals surface area contributed by atoms with Crippen LogP contribution in [0.15, 0.2) is 6.07 Å². The molecule has 0 bridgehead atoms. The summed E-state index contributed by atoms with van der Waals surface area (Å²) in [7, 11) is 1.47. The van der Waals surface area contributed by atoms with Crippen molar-refractivity contribution in [3.63, 3.8) is 0 Å². The van der Waals surface area contributed by atoms with Gasteiger partial charge in [0.15, 0.2) is 23.3 Å². The Kier molecular flexibility index (Phi) is 5.46. The van der Waals surface area contributed by atoms with Crippen molar-refractivity contribution in [2.45, 2.75) is 31.9 Å². The number of nitrogens with one attached hydrogen (secondary N) is 1. The molecule has 1 saturated carbocycles. The van der Waals surface area contributed by atoms with Gasteiger partial charge in [-0.25, -0.2) is 22.4 Å². The summed E-state index contributed by atoms with van der Waals surface area (Å²) in [5.74, 6) is -6.15. The van der Waals surface area contributed by atoms with Gasteiger partial charge >= 0.3 is 6.03 Å². The van der Waals surface area contributed by atoms with Gasteiger partial charge in [0.2, 0.25) is 0 Å². The van der Waals surface area contributed by atoms with E-state index in [2.05, 4.69) is 5.32 Å². The highest BCUT2D eigenvalue weighted by Gasteiger charge is 2.27. The molecule has 0 spiro atoms. The second-order valence-electron chi connectivity index (χ2n) is 5.74. The molecule has 2 atom stereocenters. The number of benzene rings is 1. The van der Waals surface area contributed by atoms with Gasteiger partial charge in [-0.1, -0.05) is 6.42 Å². The molecule has 0 saturated heterocycles. The van der Waals surface area contributed by atoms with E-state index in [1.807, 2.05) is 0 Å². The molecule has 23 heavy (non-hydrogen) atoms. The summed E-state index contributed by atoms with van der Waals surface area (Å²) >= 11 is 0. The maximum atomic E-state index is 13.5. The van der Waals surface area contributed by atoms with E-state index in [-0.39, 0.29) is 18.5 Å². The minimum Gasteiger partial charge on any atom is -0.393 e. The van der Waals surface area contributed by atoms with Crippen molar-refractivity contribution >= 4 is 6.03 Å². The van der Waals surface area contributed by atoms with Crippen LogP contribution in [-0.4, -0.2) is 35.7 Å². The van der Waals surface area contributed by atoms with Crippen LogP contribution in [-0.2, 0) is 6.54 Å². The van der Waals surface area contributed by atoms with E-state index in [4.69, 9.17) is 0 Å². The van der Waals surface area contributed by atoms with Crippen molar-refractivity contribution in [2.75, 3.05) is 13.6 Å². The van der Waals surface area contributed by atoms with E-state index in [1.165, 1.54) is 11.9 Å². The highest BCUT2D eigenvalue weighted by atomic mass is 19.2. The minimum atomic E-state index is -1.53. The molecule has 128 valence electrons. The Bertz CT molecular complexity index is 571. The van der Waals surface area contributed by atoms with Gasteiger partial charge < -0.3 is 15.3 Å². The van der Waals surface area contributed by atoms with Crippen LogP contribution < -0.4 is 5.32 Å². The lowest BCUT2D eigenvalue weighted by Gasteiger charge is -2.23. The van der Waals surface area contributed by atoms with E-state index in [1.54, 1.807) is 0 Å². The summed E-state index contributed by atoms with van der Waals surface area (Å²) < 4.78 is 53.2. The zero-order valence-electron chi connectivity index (χ0n) is 12.6. The predicted octanol–water partition coefficient (Wildman–Crippen LogP) is 2.55. The molecule has 1 aromatic carbocycles. The number of hydrogen-bond donors (Lipinski definition) is 2. The number of nitrogens with zero attached hydrogens (tertiary/aromatic N) is 1. The predicted molar refractivity (Wildman–Crippen MR) is 74.5 cm³/mol. The van der Waals surface area contributed by atoms with E-state index in [0.29, 0.717) is 6.42 Å². The van der Waals surface area contributed by atoms with Crippen LogP contribution in [0.4, 0.5) is 22.4 Å². The molecular formula is C15H18F4N2O2. The van der Waals surface area contributed by atoms with Crippen molar-refractivity contribution in [1.29, 1.82) is 0 Å². The highest BCUT2D eigenvalue weighted by Crippen LogP contribution is 2.26. The average Bonchev–Trinajstić information content (AvgIpc) is 2.90. The highest BCUT2D eigenvalue weighted by molar-refractivity contribution is 5.73. The maximum absolute atomic E-state index is 13.5. The second kappa shape index (κ2) is 7.16. The number of urea groups is 1. The number of rotatable bonds is 4. The molecule has 2 rings (SSSR count). The third-order valence-corrected chi connectivity index (χ3v) is 4.09. The van der Waals surface area contributed by atoms with Gasteiger partial charge in [0.1, 0.15) is 0 Å². The Balaban J connectivity index is 1.96. The topological polar surface area (TPSA) is 52.6 Å². The lowest BCUT2D eigenvalue weighted by Crippen LogP contribution is -2.41. The fourth-order valence-electron chi connectivity index (χ4n) is 2.74. The minimum absolute atomic E-state index is 0.0502. The van der Waals surface area contributed by atoms with Crippen LogP contribution in [0.5, 0.6) is 0 Å². The summed E-state index contributed by atoms with van der Waals surface area (Å²) in [6.45, 7) is -0.391. The van der Waals surface area contributed by atoms with E-state index in [0.717, 1.165) is 12.8 Å². The van der Waals surface area contributed by atoms with E-state index < -0.39 is 47.5 Å². The monoisotopic (exact) mass is 334 g/mol. The standard InChI is InChI=1S/C15H18F4N2O2/c1-21(7-8-3-2-4-12(8)22)15(23)20-6-9-13(18)10(16)5-11(17)14(9)19/h5,8,12,22H,2-4,6-7H2,1H3,(H,20,23). The molecule has 0 heterocycles. The van der Waals surface area contributed by atoms with Crippen molar-refractivity contribution in [3.05, 3.63) is 34.9 Å². The average molecular weight is 334 g/mol. The first kappa shape index (κ1) is 17.5. The van der Waals surface area contributed by atoms with E-state index in [9.17, 15) is 27.5 Å². The van der Waals surface area contributed by atoms with E-state index >= 15 is 0 Å². The number of halogens is 4. The van der Waals surface area contributed by atoms with Crippen LogP contribution in [0.2, 0.25) is 0 Å².